The molecule has 0 bridgehead atoms. The number of hydrogen-bond donors (Lipinski definition) is 2. The van der Waals surface area contributed by atoms with Crippen molar-refractivity contribution in [3.8, 4) is 0 Å². The van der Waals surface area contributed by atoms with E-state index in [0.29, 0.717) is 17.4 Å². The monoisotopic (exact) mass is 279 g/mol. The molecule has 0 saturated carbocycles. The molecule has 0 atom stereocenters. The third kappa shape index (κ3) is 2.89. The number of hydrogen-bond acceptors (Lipinski definition) is 4. The topological polar surface area (TPSA) is 74.8 Å². The maximum Gasteiger partial charge on any atom is 0.201 e. The van der Waals surface area contributed by atoms with E-state index in [4.69, 9.17) is 0 Å². The Kier molecular flexibility index (Phi) is 3.18. The van der Waals surface area contributed by atoms with E-state index in [2.05, 4.69) is 15.3 Å². The largest absolute Gasteiger partial charge is 0.356 e. The number of nitrogens with one attached hydrogen (secondary N) is 2. The van der Waals surface area contributed by atoms with Crippen molar-refractivity contribution < 1.29 is 8.42 Å². The molecular weight excluding hydrogens is 262 g/mol. The van der Waals surface area contributed by atoms with Gasteiger partial charge in [-0.25, -0.2) is 13.4 Å². The number of H-pyrrole nitrogens is 1. The first-order chi connectivity index (χ1) is 9.12. The molecule has 1 aromatic carbocycles. The maximum atomic E-state index is 11.3. The van der Waals surface area contributed by atoms with Crippen molar-refractivity contribution in [3.05, 3.63) is 24.3 Å². The molecule has 0 spiro atoms. The fraction of sp³-hybridized carbons (Fsp3) is 0.462. The van der Waals surface area contributed by atoms with E-state index in [1.54, 1.807) is 0 Å². The van der Waals surface area contributed by atoms with Crippen LogP contribution in [0.2, 0.25) is 0 Å². The Morgan fingerprint density at radius 1 is 1.26 bits per heavy atom. The molecule has 0 unspecified atom stereocenters. The highest BCUT2D eigenvalue weighted by atomic mass is 32.2. The third-order valence-electron chi connectivity index (χ3n) is 3.62. The Morgan fingerprint density at radius 3 is 2.74 bits per heavy atom. The lowest BCUT2D eigenvalue weighted by atomic mass is 10.0. The predicted octanol–water partition coefficient (Wildman–Crippen LogP) is 1.80. The highest BCUT2D eigenvalue weighted by Gasteiger charge is 2.23. The first-order valence-corrected chi connectivity index (χ1v) is 8.33. The number of rotatable bonds is 3. The molecule has 3 rings (SSSR count). The van der Waals surface area contributed by atoms with Gasteiger partial charge in [-0.05, 0) is 30.9 Å². The van der Waals surface area contributed by atoms with Crippen LogP contribution in [0.1, 0.15) is 12.8 Å². The fourth-order valence-electron chi connectivity index (χ4n) is 2.42. The summed E-state index contributed by atoms with van der Waals surface area (Å²) in [6.45, 7) is 0.773. The number of benzene rings is 1. The van der Waals surface area contributed by atoms with Crippen LogP contribution in [-0.4, -0.2) is 36.4 Å². The lowest BCUT2D eigenvalue weighted by Crippen LogP contribution is -2.27. The number of aromatic nitrogens is 2. The molecule has 1 aliphatic heterocycles. The highest BCUT2D eigenvalue weighted by molar-refractivity contribution is 7.91. The van der Waals surface area contributed by atoms with E-state index in [1.807, 2.05) is 24.3 Å². The van der Waals surface area contributed by atoms with E-state index >= 15 is 0 Å². The molecule has 2 heterocycles. The fourth-order valence-corrected chi connectivity index (χ4v) is 4.01. The lowest BCUT2D eigenvalue weighted by Gasteiger charge is -2.21. The molecule has 0 amide bonds. The Labute approximate surface area is 112 Å². The molecule has 6 heteroatoms. The zero-order valence-corrected chi connectivity index (χ0v) is 11.4. The summed E-state index contributed by atoms with van der Waals surface area (Å²) in [7, 11) is -2.77. The minimum absolute atomic E-state index is 0.319. The molecular formula is C13H17N3O2S. The van der Waals surface area contributed by atoms with Crippen molar-refractivity contribution in [3.63, 3.8) is 0 Å². The van der Waals surface area contributed by atoms with Gasteiger partial charge in [0, 0.05) is 6.54 Å². The van der Waals surface area contributed by atoms with Crippen LogP contribution in [0.15, 0.2) is 24.3 Å². The normalized spacial score (nSPS) is 19.6. The molecule has 0 aliphatic carbocycles. The van der Waals surface area contributed by atoms with Gasteiger partial charge in [-0.15, -0.1) is 0 Å². The second kappa shape index (κ2) is 4.85. The molecule has 1 aromatic heterocycles. The molecule has 2 aromatic rings. The van der Waals surface area contributed by atoms with Gasteiger partial charge in [0.15, 0.2) is 0 Å². The Hall–Kier alpha value is -1.56. The molecule has 0 radical (unpaired) electrons. The van der Waals surface area contributed by atoms with Gasteiger partial charge in [-0.3, -0.25) is 0 Å². The van der Waals surface area contributed by atoms with E-state index in [1.165, 1.54) is 0 Å². The average Bonchev–Trinajstić information content (AvgIpc) is 2.80. The highest BCUT2D eigenvalue weighted by Crippen LogP contribution is 2.20. The van der Waals surface area contributed by atoms with E-state index in [9.17, 15) is 8.42 Å². The molecule has 1 saturated heterocycles. The van der Waals surface area contributed by atoms with Crippen LogP contribution >= 0.6 is 0 Å². The van der Waals surface area contributed by atoms with E-state index in [0.717, 1.165) is 36.4 Å². The summed E-state index contributed by atoms with van der Waals surface area (Å²) >= 11 is 0. The number of aromatic amines is 1. The van der Waals surface area contributed by atoms with Crippen LogP contribution in [0.5, 0.6) is 0 Å². The smallest absolute Gasteiger partial charge is 0.201 e. The van der Waals surface area contributed by atoms with Crippen molar-refractivity contribution in [2.24, 2.45) is 5.92 Å². The second-order valence-electron chi connectivity index (χ2n) is 5.08. The van der Waals surface area contributed by atoms with Gasteiger partial charge in [-0.2, -0.15) is 0 Å². The SMILES string of the molecule is O=S1(=O)CCC(CNc2nc3ccccc3[nH]2)CC1. The number of para-hydroxylation sites is 2. The first-order valence-electron chi connectivity index (χ1n) is 6.51. The second-order valence-corrected chi connectivity index (χ2v) is 7.38. The molecule has 1 fully saturated rings. The zero-order chi connectivity index (χ0) is 13.3. The van der Waals surface area contributed by atoms with Crippen molar-refractivity contribution in [1.82, 2.24) is 9.97 Å². The summed E-state index contributed by atoms with van der Waals surface area (Å²) in [6.07, 6.45) is 1.49. The molecule has 2 N–H and O–H groups in total. The minimum atomic E-state index is -2.77. The van der Waals surface area contributed by atoms with Gasteiger partial charge in [0.05, 0.1) is 22.5 Å². The van der Waals surface area contributed by atoms with Crippen LogP contribution in [-0.2, 0) is 9.84 Å². The predicted molar refractivity (Wildman–Crippen MR) is 76.0 cm³/mol. The molecule has 5 nitrogen and oxygen atoms in total. The lowest BCUT2D eigenvalue weighted by molar-refractivity contribution is 0.484. The number of anilines is 1. The summed E-state index contributed by atoms with van der Waals surface area (Å²) in [5, 5.41) is 3.27. The van der Waals surface area contributed by atoms with Gasteiger partial charge >= 0.3 is 0 Å². The molecule has 19 heavy (non-hydrogen) atoms. The summed E-state index contributed by atoms with van der Waals surface area (Å²) in [5.41, 5.74) is 1.95. The average molecular weight is 279 g/mol. The molecule has 102 valence electrons. The van der Waals surface area contributed by atoms with Gasteiger partial charge in [0.1, 0.15) is 9.84 Å². The van der Waals surface area contributed by atoms with Gasteiger partial charge in [0.2, 0.25) is 5.95 Å². The number of imidazole rings is 1. The number of sulfone groups is 1. The van der Waals surface area contributed by atoms with E-state index in [-0.39, 0.29) is 0 Å². The summed E-state index contributed by atoms with van der Waals surface area (Å²) in [6, 6.07) is 7.88. The maximum absolute atomic E-state index is 11.3. The standard InChI is InChI=1S/C13H17N3O2S/c17-19(18)7-5-10(6-8-19)9-14-13-15-11-3-1-2-4-12(11)16-13/h1-4,10H,5-9H2,(H2,14,15,16). The minimum Gasteiger partial charge on any atom is -0.356 e. The van der Waals surface area contributed by atoms with Crippen molar-refractivity contribution in [1.29, 1.82) is 0 Å². The van der Waals surface area contributed by atoms with Gasteiger partial charge < -0.3 is 10.3 Å². The summed E-state index contributed by atoms with van der Waals surface area (Å²) in [5.74, 6) is 1.81. The molecule has 1 aliphatic rings. The van der Waals surface area contributed by atoms with Crippen molar-refractivity contribution >= 4 is 26.8 Å². The Balaban J connectivity index is 1.60. The first kappa shape index (κ1) is 12.5. The van der Waals surface area contributed by atoms with E-state index < -0.39 is 9.84 Å². The van der Waals surface area contributed by atoms with Gasteiger partial charge in [0.25, 0.3) is 0 Å². The van der Waals surface area contributed by atoms with Gasteiger partial charge in [-0.1, -0.05) is 12.1 Å². The van der Waals surface area contributed by atoms with Crippen molar-refractivity contribution in [2.75, 3.05) is 23.4 Å². The van der Waals surface area contributed by atoms with Crippen LogP contribution in [0.3, 0.4) is 0 Å². The Bertz CT molecular complexity index is 631. The van der Waals surface area contributed by atoms with Crippen LogP contribution < -0.4 is 5.32 Å². The number of fused-ring (bicyclic) bond motifs is 1. The van der Waals surface area contributed by atoms with Crippen LogP contribution in [0, 0.1) is 5.92 Å². The summed E-state index contributed by atoms with van der Waals surface area (Å²) < 4.78 is 22.7. The quantitative estimate of drug-likeness (QED) is 0.898. The summed E-state index contributed by atoms with van der Waals surface area (Å²) in [4.78, 5) is 7.65. The van der Waals surface area contributed by atoms with Crippen molar-refractivity contribution in [2.45, 2.75) is 12.8 Å². The zero-order valence-electron chi connectivity index (χ0n) is 10.6. The van der Waals surface area contributed by atoms with Crippen LogP contribution in [0.25, 0.3) is 11.0 Å². The third-order valence-corrected chi connectivity index (χ3v) is 5.34. The Morgan fingerprint density at radius 2 is 2.00 bits per heavy atom. The number of nitrogens with zero attached hydrogens (tertiary/aromatic N) is 1. The van der Waals surface area contributed by atoms with Crippen LogP contribution in [0.4, 0.5) is 5.95 Å².